The van der Waals surface area contributed by atoms with Crippen LogP contribution in [0.4, 0.5) is 4.79 Å². The van der Waals surface area contributed by atoms with Crippen LogP contribution in [0.1, 0.15) is 44.9 Å². The predicted octanol–water partition coefficient (Wildman–Crippen LogP) is 0.294. The smallest absolute Gasteiger partial charge is 0.408 e. The molecule has 2 saturated heterocycles. The van der Waals surface area contributed by atoms with E-state index in [1.165, 1.54) is 7.11 Å². The zero-order valence-corrected chi connectivity index (χ0v) is 18.8. The van der Waals surface area contributed by atoms with Gasteiger partial charge < -0.3 is 35.4 Å². The average molecular weight is 457 g/mol. The SMILES string of the molecule is COCCOC(=O)N[C@@H](CC(=O)O)NC(=O)[C@@H]1CCCN(C(=O)CCC2CCNCC2)C1. The molecule has 0 unspecified atom stereocenters. The second kappa shape index (κ2) is 13.9. The number of carboxylic acids is 1. The lowest BCUT2D eigenvalue weighted by Gasteiger charge is -2.33. The highest BCUT2D eigenvalue weighted by Crippen LogP contribution is 2.21. The molecule has 2 heterocycles. The summed E-state index contributed by atoms with van der Waals surface area (Å²) in [5, 5.41) is 17.3. The zero-order chi connectivity index (χ0) is 23.3. The summed E-state index contributed by atoms with van der Waals surface area (Å²) in [6.45, 7) is 3.12. The van der Waals surface area contributed by atoms with Gasteiger partial charge in [0.1, 0.15) is 12.8 Å². The Kier molecular flexibility index (Phi) is 11.2. The van der Waals surface area contributed by atoms with Gasteiger partial charge in [-0.25, -0.2) is 4.79 Å². The molecule has 0 saturated carbocycles. The quantitative estimate of drug-likeness (QED) is 0.256. The van der Waals surface area contributed by atoms with E-state index >= 15 is 0 Å². The van der Waals surface area contributed by atoms with Gasteiger partial charge in [-0.3, -0.25) is 14.4 Å². The molecule has 182 valence electrons. The van der Waals surface area contributed by atoms with E-state index in [1.807, 2.05) is 0 Å². The first-order chi connectivity index (χ1) is 15.4. The van der Waals surface area contributed by atoms with E-state index in [4.69, 9.17) is 14.6 Å². The molecule has 2 rings (SSSR count). The maximum atomic E-state index is 12.7. The van der Waals surface area contributed by atoms with Crippen molar-refractivity contribution in [1.82, 2.24) is 20.9 Å². The van der Waals surface area contributed by atoms with Crippen molar-refractivity contribution in [2.75, 3.05) is 46.5 Å². The topological polar surface area (TPSA) is 146 Å². The first-order valence-corrected chi connectivity index (χ1v) is 11.3. The van der Waals surface area contributed by atoms with Crippen LogP contribution in [-0.4, -0.2) is 86.6 Å². The van der Waals surface area contributed by atoms with Gasteiger partial charge in [-0.15, -0.1) is 0 Å². The van der Waals surface area contributed by atoms with Crippen LogP contribution >= 0.6 is 0 Å². The maximum absolute atomic E-state index is 12.7. The number of rotatable bonds is 11. The number of ether oxygens (including phenoxy) is 2. The molecule has 0 radical (unpaired) electrons. The fourth-order valence-electron chi connectivity index (χ4n) is 4.08. The summed E-state index contributed by atoms with van der Waals surface area (Å²) < 4.78 is 9.65. The van der Waals surface area contributed by atoms with E-state index in [2.05, 4.69) is 16.0 Å². The van der Waals surface area contributed by atoms with Crippen molar-refractivity contribution in [2.45, 2.75) is 51.1 Å². The van der Waals surface area contributed by atoms with Crippen molar-refractivity contribution in [2.24, 2.45) is 11.8 Å². The molecule has 0 bridgehead atoms. The minimum Gasteiger partial charge on any atom is -0.481 e. The Labute approximate surface area is 188 Å². The van der Waals surface area contributed by atoms with Crippen LogP contribution in [0.2, 0.25) is 0 Å². The van der Waals surface area contributed by atoms with Crippen LogP contribution in [0.5, 0.6) is 0 Å². The first kappa shape index (κ1) is 25.9. The summed E-state index contributed by atoms with van der Waals surface area (Å²) in [5.74, 6) is -1.39. The second-order valence-corrected chi connectivity index (χ2v) is 8.34. The average Bonchev–Trinajstić information content (AvgIpc) is 2.78. The van der Waals surface area contributed by atoms with Gasteiger partial charge in [0.05, 0.1) is 18.9 Å². The minimum atomic E-state index is -1.18. The van der Waals surface area contributed by atoms with Crippen LogP contribution in [-0.2, 0) is 23.9 Å². The number of piperidine rings is 2. The van der Waals surface area contributed by atoms with Crippen LogP contribution in [0.15, 0.2) is 0 Å². The van der Waals surface area contributed by atoms with Gasteiger partial charge in [0.15, 0.2) is 0 Å². The van der Waals surface area contributed by atoms with Gasteiger partial charge in [0, 0.05) is 26.6 Å². The molecular weight excluding hydrogens is 420 g/mol. The standard InChI is InChI=1S/C21H36N4O7/c1-31-11-12-32-21(30)24-17(13-19(27)28)23-20(29)16-3-2-10-25(14-16)18(26)5-4-15-6-8-22-9-7-15/h15-17,22H,2-14H2,1H3,(H,23,29)(H,24,30)(H,27,28)/t16-,17+/m1/s1. The fraction of sp³-hybridized carbons (Fsp3) is 0.810. The Balaban J connectivity index is 1.82. The van der Waals surface area contributed by atoms with Crippen molar-refractivity contribution < 1.29 is 33.8 Å². The predicted molar refractivity (Wildman–Crippen MR) is 115 cm³/mol. The lowest BCUT2D eigenvalue weighted by Crippen LogP contribution is -2.53. The number of carboxylic acid groups (broad SMARTS) is 1. The van der Waals surface area contributed by atoms with Crippen LogP contribution in [0.3, 0.4) is 0 Å². The number of hydrogen-bond acceptors (Lipinski definition) is 7. The van der Waals surface area contributed by atoms with Crippen molar-refractivity contribution >= 4 is 23.9 Å². The normalized spacial score (nSPS) is 20.3. The van der Waals surface area contributed by atoms with E-state index in [0.717, 1.165) is 32.4 Å². The molecule has 0 aromatic heterocycles. The van der Waals surface area contributed by atoms with Crippen molar-refractivity contribution in [1.29, 1.82) is 0 Å². The summed E-state index contributed by atoms with van der Waals surface area (Å²) >= 11 is 0. The molecular formula is C21H36N4O7. The van der Waals surface area contributed by atoms with Gasteiger partial charge in [-0.1, -0.05) is 0 Å². The number of aliphatic carboxylic acids is 1. The summed E-state index contributed by atoms with van der Waals surface area (Å²) in [4.78, 5) is 50.1. The largest absolute Gasteiger partial charge is 0.481 e. The third kappa shape index (κ3) is 9.39. The molecule has 11 heteroatoms. The summed E-state index contributed by atoms with van der Waals surface area (Å²) in [7, 11) is 1.46. The lowest BCUT2D eigenvalue weighted by atomic mass is 9.92. The number of alkyl carbamates (subject to hydrolysis) is 1. The number of amides is 3. The Hall–Kier alpha value is -2.40. The number of hydrogen-bond donors (Lipinski definition) is 4. The highest BCUT2D eigenvalue weighted by Gasteiger charge is 2.30. The number of carbonyl (C=O) groups excluding carboxylic acids is 3. The number of nitrogens with one attached hydrogen (secondary N) is 3. The highest BCUT2D eigenvalue weighted by molar-refractivity contribution is 5.82. The van der Waals surface area contributed by atoms with Gasteiger partial charge >= 0.3 is 12.1 Å². The number of carbonyl (C=O) groups is 4. The Bertz CT molecular complexity index is 640. The molecule has 11 nitrogen and oxygen atoms in total. The summed E-state index contributed by atoms with van der Waals surface area (Å²) in [5.41, 5.74) is 0. The highest BCUT2D eigenvalue weighted by atomic mass is 16.6. The van der Waals surface area contributed by atoms with E-state index in [0.29, 0.717) is 38.3 Å². The molecule has 2 aliphatic heterocycles. The molecule has 0 aromatic carbocycles. The van der Waals surface area contributed by atoms with Crippen molar-refractivity contribution in [3.05, 3.63) is 0 Å². The third-order valence-corrected chi connectivity index (χ3v) is 5.88. The van der Waals surface area contributed by atoms with E-state index in [-0.39, 0.29) is 25.0 Å². The lowest BCUT2D eigenvalue weighted by molar-refractivity contribution is -0.138. The number of methoxy groups -OCH3 is 1. The maximum Gasteiger partial charge on any atom is 0.408 e. The molecule has 32 heavy (non-hydrogen) atoms. The van der Waals surface area contributed by atoms with Crippen LogP contribution < -0.4 is 16.0 Å². The second-order valence-electron chi connectivity index (χ2n) is 8.34. The van der Waals surface area contributed by atoms with E-state index in [1.54, 1.807) is 4.90 Å². The number of likely N-dealkylation sites (tertiary alicyclic amines) is 1. The summed E-state index contributed by atoms with van der Waals surface area (Å²) in [6.07, 6.45) is 2.38. The Morgan fingerprint density at radius 1 is 1.12 bits per heavy atom. The molecule has 2 atom stereocenters. The van der Waals surface area contributed by atoms with Gasteiger partial charge in [0.25, 0.3) is 0 Å². The molecule has 0 aromatic rings. The van der Waals surface area contributed by atoms with Gasteiger partial charge in [-0.05, 0) is 51.1 Å². The van der Waals surface area contributed by atoms with E-state index < -0.39 is 30.6 Å². The molecule has 4 N–H and O–H groups in total. The summed E-state index contributed by atoms with van der Waals surface area (Å²) in [6, 6.07) is 0. The Morgan fingerprint density at radius 2 is 1.88 bits per heavy atom. The Morgan fingerprint density at radius 3 is 2.56 bits per heavy atom. The van der Waals surface area contributed by atoms with Crippen molar-refractivity contribution in [3.8, 4) is 0 Å². The number of nitrogens with zero attached hydrogens (tertiary/aromatic N) is 1. The fourth-order valence-corrected chi connectivity index (χ4v) is 4.08. The molecule has 2 fully saturated rings. The monoisotopic (exact) mass is 456 g/mol. The zero-order valence-electron chi connectivity index (χ0n) is 18.8. The van der Waals surface area contributed by atoms with Crippen molar-refractivity contribution in [3.63, 3.8) is 0 Å². The molecule has 0 aliphatic carbocycles. The molecule has 0 spiro atoms. The van der Waals surface area contributed by atoms with Gasteiger partial charge in [0.2, 0.25) is 11.8 Å². The third-order valence-electron chi connectivity index (χ3n) is 5.88. The van der Waals surface area contributed by atoms with Crippen LogP contribution in [0, 0.1) is 11.8 Å². The molecule has 3 amide bonds. The first-order valence-electron chi connectivity index (χ1n) is 11.3. The van der Waals surface area contributed by atoms with E-state index in [9.17, 15) is 19.2 Å². The molecule has 2 aliphatic rings. The van der Waals surface area contributed by atoms with Crippen LogP contribution in [0.25, 0.3) is 0 Å². The minimum absolute atomic E-state index is 0.00708. The van der Waals surface area contributed by atoms with Gasteiger partial charge in [-0.2, -0.15) is 0 Å².